The number of rotatable bonds is 0. The fourth-order valence-corrected chi connectivity index (χ4v) is 3.66. The first-order valence-electron chi connectivity index (χ1n) is 6.42. The third-order valence-corrected chi connectivity index (χ3v) is 6.62. The fraction of sp³-hybridized carbons (Fsp3) is 0.462. The molecule has 1 spiro atoms. The highest BCUT2D eigenvalue weighted by Crippen LogP contribution is 2.41. The summed E-state index contributed by atoms with van der Waals surface area (Å²) >= 11 is 5.55. The highest BCUT2D eigenvalue weighted by Gasteiger charge is 2.40. The maximum atomic E-state index is 12.4. The Bertz CT molecular complexity index is 585. The number of fused-ring (bicyclic) bond motifs is 1. The Morgan fingerprint density at radius 1 is 1.40 bits per heavy atom. The first-order valence-corrected chi connectivity index (χ1v) is 8.29. The number of nitrogens with zero attached hydrogens (tertiary/aromatic N) is 1. The number of anilines is 1. The SMILES string of the molecule is CN1CCC2(CC1)NC(=O)c1cc(O)c(I)c(Br)c1N2. The van der Waals surface area contributed by atoms with E-state index in [1.165, 1.54) is 6.07 Å². The van der Waals surface area contributed by atoms with Crippen LogP contribution in [0.25, 0.3) is 0 Å². The maximum absolute atomic E-state index is 12.4. The molecule has 2 aliphatic rings. The van der Waals surface area contributed by atoms with Gasteiger partial charge < -0.3 is 20.6 Å². The van der Waals surface area contributed by atoms with Gasteiger partial charge in [0.1, 0.15) is 11.4 Å². The number of phenols is 1. The standard InChI is InChI=1S/C13H15BrIN3O2/c1-18-4-2-13(3-5-18)16-11-7(12(20)17-13)6-8(19)10(15)9(11)14/h6,16,19H,2-5H2,1H3,(H,17,20). The molecule has 1 aromatic carbocycles. The zero-order valence-corrected chi connectivity index (χ0v) is 14.7. The predicted octanol–water partition coefficient (Wildman–Crippen LogP) is 2.34. The summed E-state index contributed by atoms with van der Waals surface area (Å²) in [5.41, 5.74) is 0.888. The van der Waals surface area contributed by atoms with Crippen molar-refractivity contribution in [1.82, 2.24) is 10.2 Å². The average Bonchev–Trinajstić information content (AvgIpc) is 2.42. The Kier molecular flexibility index (Phi) is 3.62. The Hall–Kier alpha value is -0.540. The minimum Gasteiger partial charge on any atom is -0.507 e. The molecule has 0 aliphatic carbocycles. The number of phenolic OH excluding ortho intramolecular Hbond substituents is 1. The number of benzene rings is 1. The molecule has 7 heteroatoms. The lowest BCUT2D eigenvalue weighted by Crippen LogP contribution is -2.62. The summed E-state index contributed by atoms with van der Waals surface area (Å²) < 4.78 is 1.47. The van der Waals surface area contributed by atoms with E-state index in [0.717, 1.165) is 36.1 Å². The number of amides is 1. The van der Waals surface area contributed by atoms with Gasteiger partial charge >= 0.3 is 0 Å². The predicted molar refractivity (Wildman–Crippen MR) is 89.1 cm³/mol. The van der Waals surface area contributed by atoms with E-state index in [9.17, 15) is 9.90 Å². The second kappa shape index (κ2) is 5.03. The maximum Gasteiger partial charge on any atom is 0.255 e. The second-order valence-electron chi connectivity index (χ2n) is 5.41. The minimum atomic E-state index is -0.376. The molecular weight excluding hydrogens is 437 g/mol. The van der Waals surface area contributed by atoms with Crippen molar-refractivity contribution in [3.05, 3.63) is 19.7 Å². The van der Waals surface area contributed by atoms with Crippen LogP contribution < -0.4 is 10.6 Å². The van der Waals surface area contributed by atoms with Gasteiger partial charge in [-0.3, -0.25) is 4.79 Å². The highest BCUT2D eigenvalue weighted by atomic mass is 127. The number of carbonyl (C=O) groups is 1. The van der Waals surface area contributed by atoms with Crippen molar-refractivity contribution in [2.45, 2.75) is 18.5 Å². The zero-order chi connectivity index (χ0) is 14.5. The highest BCUT2D eigenvalue weighted by molar-refractivity contribution is 14.1. The third kappa shape index (κ3) is 2.29. The van der Waals surface area contributed by atoms with Crippen LogP contribution >= 0.6 is 38.5 Å². The van der Waals surface area contributed by atoms with Crippen molar-refractivity contribution in [3.8, 4) is 5.75 Å². The van der Waals surface area contributed by atoms with E-state index in [4.69, 9.17) is 0 Å². The van der Waals surface area contributed by atoms with Gasteiger partial charge in [-0.1, -0.05) is 0 Å². The molecule has 5 nitrogen and oxygen atoms in total. The van der Waals surface area contributed by atoms with Crippen LogP contribution in [0.2, 0.25) is 0 Å². The first kappa shape index (κ1) is 14.4. The lowest BCUT2D eigenvalue weighted by Gasteiger charge is -2.45. The van der Waals surface area contributed by atoms with Gasteiger partial charge in [0.25, 0.3) is 5.91 Å². The molecule has 0 saturated carbocycles. The monoisotopic (exact) mass is 451 g/mol. The van der Waals surface area contributed by atoms with E-state index in [0.29, 0.717) is 9.13 Å². The summed E-state index contributed by atoms with van der Waals surface area (Å²) in [6.07, 6.45) is 1.72. The van der Waals surface area contributed by atoms with Crippen LogP contribution in [-0.2, 0) is 0 Å². The molecule has 1 fully saturated rings. The van der Waals surface area contributed by atoms with Gasteiger partial charge in [0, 0.05) is 25.9 Å². The number of likely N-dealkylation sites (tertiary alicyclic amines) is 1. The lowest BCUT2D eigenvalue weighted by molar-refractivity contribution is 0.0845. The van der Waals surface area contributed by atoms with Crippen LogP contribution in [0.4, 0.5) is 5.69 Å². The molecule has 108 valence electrons. The van der Waals surface area contributed by atoms with Crippen molar-refractivity contribution in [2.24, 2.45) is 0 Å². The number of hydrogen-bond acceptors (Lipinski definition) is 4. The largest absolute Gasteiger partial charge is 0.507 e. The van der Waals surface area contributed by atoms with Crippen LogP contribution in [0, 0.1) is 3.57 Å². The average molecular weight is 452 g/mol. The Labute approximate surface area is 139 Å². The smallest absolute Gasteiger partial charge is 0.255 e. The molecule has 0 atom stereocenters. The number of carbonyl (C=O) groups excluding carboxylic acids is 1. The molecule has 20 heavy (non-hydrogen) atoms. The van der Waals surface area contributed by atoms with Crippen LogP contribution in [0.5, 0.6) is 5.75 Å². The molecule has 0 bridgehead atoms. The Morgan fingerprint density at radius 2 is 2.05 bits per heavy atom. The van der Waals surface area contributed by atoms with Crippen molar-refractivity contribution in [2.75, 3.05) is 25.5 Å². The number of nitrogens with one attached hydrogen (secondary N) is 2. The van der Waals surface area contributed by atoms with Crippen molar-refractivity contribution < 1.29 is 9.90 Å². The van der Waals surface area contributed by atoms with E-state index >= 15 is 0 Å². The molecule has 0 aromatic heterocycles. The van der Waals surface area contributed by atoms with Gasteiger partial charge in [-0.2, -0.15) is 0 Å². The lowest BCUT2D eigenvalue weighted by atomic mass is 9.92. The van der Waals surface area contributed by atoms with E-state index in [2.05, 4.69) is 61.1 Å². The molecule has 2 aliphatic heterocycles. The first-order chi connectivity index (χ1) is 9.42. The molecule has 3 N–H and O–H groups in total. The molecule has 0 unspecified atom stereocenters. The summed E-state index contributed by atoms with van der Waals surface area (Å²) in [6, 6.07) is 1.52. The van der Waals surface area contributed by atoms with E-state index in [1.807, 2.05) is 0 Å². The summed E-state index contributed by atoms with van der Waals surface area (Å²) in [5, 5.41) is 16.4. The van der Waals surface area contributed by atoms with E-state index in [1.54, 1.807) is 0 Å². The van der Waals surface area contributed by atoms with Gasteiger partial charge in [-0.15, -0.1) is 0 Å². The zero-order valence-electron chi connectivity index (χ0n) is 11.0. The van der Waals surface area contributed by atoms with Gasteiger partial charge in [0.2, 0.25) is 0 Å². The van der Waals surface area contributed by atoms with Gasteiger partial charge in [-0.25, -0.2) is 0 Å². The summed E-state index contributed by atoms with van der Waals surface area (Å²) in [4.78, 5) is 14.6. The summed E-state index contributed by atoms with van der Waals surface area (Å²) in [7, 11) is 2.09. The molecule has 1 aromatic rings. The molecule has 1 saturated heterocycles. The quantitative estimate of drug-likeness (QED) is 0.418. The third-order valence-electron chi connectivity index (χ3n) is 3.99. The van der Waals surface area contributed by atoms with E-state index in [-0.39, 0.29) is 17.3 Å². The van der Waals surface area contributed by atoms with Gasteiger partial charge in [0.15, 0.2) is 0 Å². The number of halogens is 2. The molecule has 0 radical (unpaired) electrons. The van der Waals surface area contributed by atoms with Crippen LogP contribution in [-0.4, -0.2) is 41.7 Å². The summed E-state index contributed by atoms with van der Waals surface area (Å²) in [5.74, 6) is -0.0109. The molecule has 1 amide bonds. The number of piperidine rings is 1. The summed E-state index contributed by atoms with van der Waals surface area (Å²) in [6.45, 7) is 1.88. The van der Waals surface area contributed by atoms with Crippen molar-refractivity contribution in [1.29, 1.82) is 0 Å². The molecule has 3 rings (SSSR count). The van der Waals surface area contributed by atoms with Gasteiger partial charge in [-0.05, 0) is 51.6 Å². The van der Waals surface area contributed by atoms with E-state index < -0.39 is 0 Å². The topological polar surface area (TPSA) is 64.6 Å². The van der Waals surface area contributed by atoms with Crippen molar-refractivity contribution >= 4 is 50.1 Å². The van der Waals surface area contributed by atoms with Crippen molar-refractivity contribution in [3.63, 3.8) is 0 Å². The number of aromatic hydroxyl groups is 1. The fourth-order valence-electron chi connectivity index (χ4n) is 2.72. The Balaban J connectivity index is 2.02. The van der Waals surface area contributed by atoms with Gasteiger partial charge in [0.05, 0.1) is 19.3 Å². The van der Waals surface area contributed by atoms with Crippen LogP contribution in [0.1, 0.15) is 23.2 Å². The second-order valence-corrected chi connectivity index (χ2v) is 7.28. The molecule has 2 heterocycles. The van der Waals surface area contributed by atoms with Crippen LogP contribution in [0.3, 0.4) is 0 Å². The van der Waals surface area contributed by atoms with Crippen LogP contribution in [0.15, 0.2) is 10.5 Å². The Morgan fingerprint density at radius 3 is 2.70 bits per heavy atom. The molecular formula is C13H15BrIN3O2. The normalized spacial score (nSPS) is 21.2. The number of hydrogen-bond donors (Lipinski definition) is 3. The minimum absolute atomic E-state index is 0.118.